The summed E-state index contributed by atoms with van der Waals surface area (Å²) in [6.45, 7) is 0. The Kier molecular flexibility index (Phi) is 7.71. The molecule has 0 unspecified atom stereocenters. The van der Waals surface area contributed by atoms with Gasteiger partial charge in [0.05, 0.1) is 28.0 Å². The molecule has 2 heterocycles. The highest BCUT2D eigenvalue weighted by molar-refractivity contribution is 6.18. The summed E-state index contributed by atoms with van der Waals surface area (Å²) in [6.07, 6.45) is 0. The molecule has 0 radical (unpaired) electrons. The predicted molar refractivity (Wildman–Crippen MR) is 234 cm³/mol. The molecular weight excluding hydrogens is 691 g/mol. The fourth-order valence-electron chi connectivity index (χ4n) is 9.08. The Morgan fingerprint density at radius 3 is 1.63 bits per heavy atom. The number of rotatable bonds is 6. The van der Waals surface area contributed by atoms with Crippen LogP contribution < -0.4 is 0 Å². The fraction of sp³-hybridized carbons (Fsp3) is 0.0185. The van der Waals surface area contributed by atoms with Gasteiger partial charge >= 0.3 is 0 Å². The molecule has 0 atom stereocenters. The molecule has 0 saturated carbocycles. The number of fused-ring (bicyclic) bond motifs is 7. The summed E-state index contributed by atoms with van der Waals surface area (Å²) in [5.74, 6) is 0.694. The maximum Gasteiger partial charge on any atom is 0.160 e. The highest BCUT2D eigenvalue weighted by atomic mass is 14.9. The SMILES string of the molecule is c1ccc(-c2cc(-c3cccc(-c4nc5ccccc5c5ccc6c(c45)-c4ccccc4C6(c4ccccc4)c4ccccc4)c3)nc(-c3ccccc3)n2)cc1. The Labute approximate surface area is 331 Å². The topological polar surface area (TPSA) is 38.7 Å². The first kappa shape index (κ1) is 32.9. The standard InChI is InChI=1S/C54H35N3/c1-5-18-36(19-6-1)48-35-49(57-53(56-48)37-20-7-2-8-21-37)38-22-17-23-39(34-38)52-51-43(42-28-14-16-31-47(42)55-52)32-33-46-50(51)44-29-13-15-30-45(44)54(46,40-24-9-3-10-25-40)41-26-11-4-12-27-41/h1-35H. The minimum absolute atomic E-state index is 0.518. The van der Waals surface area contributed by atoms with Crippen molar-refractivity contribution < 1.29 is 0 Å². The van der Waals surface area contributed by atoms with E-state index in [0.29, 0.717) is 5.82 Å². The number of hydrogen-bond acceptors (Lipinski definition) is 3. The minimum atomic E-state index is -0.518. The van der Waals surface area contributed by atoms with Gasteiger partial charge in [0.25, 0.3) is 0 Å². The third-order valence-corrected chi connectivity index (χ3v) is 11.5. The van der Waals surface area contributed by atoms with Crippen LogP contribution in [0.2, 0.25) is 0 Å². The van der Waals surface area contributed by atoms with Gasteiger partial charge in [0.15, 0.2) is 5.82 Å². The quantitative estimate of drug-likeness (QED) is 0.160. The van der Waals surface area contributed by atoms with E-state index in [9.17, 15) is 0 Å². The molecule has 0 spiro atoms. The lowest BCUT2D eigenvalue weighted by atomic mass is 9.67. The highest BCUT2D eigenvalue weighted by Crippen LogP contribution is 2.59. The van der Waals surface area contributed by atoms with Crippen molar-refractivity contribution in [3.63, 3.8) is 0 Å². The largest absolute Gasteiger partial charge is 0.247 e. The summed E-state index contributed by atoms with van der Waals surface area (Å²) < 4.78 is 0. The summed E-state index contributed by atoms with van der Waals surface area (Å²) >= 11 is 0. The number of pyridine rings is 1. The minimum Gasteiger partial charge on any atom is -0.247 e. The average molecular weight is 726 g/mol. The van der Waals surface area contributed by atoms with Crippen molar-refractivity contribution in [2.45, 2.75) is 5.41 Å². The Hall–Kier alpha value is -7.49. The zero-order chi connectivity index (χ0) is 37.8. The summed E-state index contributed by atoms with van der Waals surface area (Å²) in [7, 11) is 0. The van der Waals surface area contributed by atoms with Gasteiger partial charge < -0.3 is 0 Å². The van der Waals surface area contributed by atoms with Gasteiger partial charge in [0, 0.05) is 33.0 Å². The zero-order valence-corrected chi connectivity index (χ0v) is 31.0. The molecule has 0 bridgehead atoms. The second-order valence-electron chi connectivity index (χ2n) is 14.7. The first-order chi connectivity index (χ1) is 28.3. The van der Waals surface area contributed by atoms with Crippen LogP contribution in [0.3, 0.4) is 0 Å². The van der Waals surface area contributed by atoms with E-state index in [1.165, 1.54) is 38.8 Å². The molecule has 0 fully saturated rings. The Morgan fingerprint density at radius 2 is 0.912 bits per heavy atom. The van der Waals surface area contributed by atoms with Crippen LogP contribution in [0.1, 0.15) is 22.3 Å². The van der Waals surface area contributed by atoms with Crippen LogP contribution in [0.15, 0.2) is 212 Å². The Bertz CT molecular complexity index is 3010. The first-order valence-corrected chi connectivity index (χ1v) is 19.4. The molecule has 3 heteroatoms. The Morgan fingerprint density at radius 1 is 0.351 bits per heavy atom. The molecule has 0 amide bonds. The van der Waals surface area contributed by atoms with E-state index in [2.05, 4.69) is 188 Å². The van der Waals surface area contributed by atoms with Crippen LogP contribution in [0, 0.1) is 0 Å². The van der Waals surface area contributed by atoms with Crippen molar-refractivity contribution in [2.75, 3.05) is 0 Å². The van der Waals surface area contributed by atoms with E-state index < -0.39 is 5.41 Å². The van der Waals surface area contributed by atoms with Gasteiger partial charge in [-0.05, 0) is 57.0 Å². The molecule has 266 valence electrons. The van der Waals surface area contributed by atoms with Crippen molar-refractivity contribution >= 4 is 21.7 Å². The first-order valence-electron chi connectivity index (χ1n) is 19.4. The van der Waals surface area contributed by atoms with Crippen LogP contribution >= 0.6 is 0 Å². The molecule has 11 rings (SSSR count). The monoisotopic (exact) mass is 725 g/mol. The van der Waals surface area contributed by atoms with Gasteiger partial charge in [-0.3, -0.25) is 0 Å². The van der Waals surface area contributed by atoms with E-state index >= 15 is 0 Å². The summed E-state index contributed by atoms with van der Waals surface area (Å²) in [4.78, 5) is 15.8. The average Bonchev–Trinajstić information content (AvgIpc) is 3.61. The van der Waals surface area contributed by atoms with Crippen molar-refractivity contribution in [2.24, 2.45) is 0 Å². The van der Waals surface area contributed by atoms with Crippen molar-refractivity contribution in [1.82, 2.24) is 15.0 Å². The maximum absolute atomic E-state index is 5.55. The van der Waals surface area contributed by atoms with Gasteiger partial charge in [0.2, 0.25) is 0 Å². The smallest absolute Gasteiger partial charge is 0.160 e. The molecule has 0 aliphatic heterocycles. The molecule has 1 aliphatic carbocycles. The molecule has 2 aromatic heterocycles. The number of benzene rings is 8. The number of nitrogens with zero attached hydrogens (tertiary/aromatic N) is 3. The molecule has 3 nitrogen and oxygen atoms in total. The van der Waals surface area contributed by atoms with Crippen LogP contribution in [0.4, 0.5) is 0 Å². The highest BCUT2D eigenvalue weighted by Gasteiger charge is 2.47. The molecule has 0 N–H and O–H groups in total. The molecule has 1 aliphatic rings. The maximum atomic E-state index is 5.55. The Balaban J connectivity index is 1.20. The van der Waals surface area contributed by atoms with Crippen LogP contribution in [-0.4, -0.2) is 15.0 Å². The van der Waals surface area contributed by atoms with Gasteiger partial charge in [-0.1, -0.05) is 194 Å². The van der Waals surface area contributed by atoms with Crippen LogP contribution in [0.25, 0.3) is 78.0 Å². The number of aromatic nitrogens is 3. The summed E-state index contributed by atoms with van der Waals surface area (Å²) in [5, 5.41) is 3.48. The van der Waals surface area contributed by atoms with E-state index in [1.807, 2.05) is 24.3 Å². The second kappa shape index (κ2) is 13.4. The van der Waals surface area contributed by atoms with Gasteiger partial charge in [-0.25, -0.2) is 15.0 Å². The van der Waals surface area contributed by atoms with Crippen molar-refractivity contribution in [3.8, 4) is 56.3 Å². The lowest BCUT2D eigenvalue weighted by Crippen LogP contribution is -2.28. The van der Waals surface area contributed by atoms with E-state index in [0.717, 1.165) is 55.6 Å². The van der Waals surface area contributed by atoms with Crippen LogP contribution in [0.5, 0.6) is 0 Å². The third kappa shape index (κ3) is 5.24. The van der Waals surface area contributed by atoms with Gasteiger partial charge in [-0.2, -0.15) is 0 Å². The van der Waals surface area contributed by atoms with Crippen molar-refractivity contribution in [3.05, 3.63) is 235 Å². The summed E-state index contributed by atoms with van der Waals surface area (Å²) in [5.41, 5.74) is 14.7. The predicted octanol–water partition coefficient (Wildman–Crippen LogP) is 13.2. The van der Waals surface area contributed by atoms with E-state index in [4.69, 9.17) is 15.0 Å². The lowest BCUT2D eigenvalue weighted by molar-refractivity contribution is 0.769. The fourth-order valence-corrected chi connectivity index (χ4v) is 9.08. The summed E-state index contributed by atoms with van der Waals surface area (Å²) in [6, 6.07) is 75.6. The van der Waals surface area contributed by atoms with E-state index in [-0.39, 0.29) is 0 Å². The van der Waals surface area contributed by atoms with Gasteiger partial charge in [-0.15, -0.1) is 0 Å². The molecule has 0 saturated heterocycles. The normalized spacial score (nSPS) is 12.7. The molecule has 10 aromatic rings. The van der Waals surface area contributed by atoms with E-state index in [1.54, 1.807) is 0 Å². The zero-order valence-electron chi connectivity index (χ0n) is 31.0. The molecule has 57 heavy (non-hydrogen) atoms. The van der Waals surface area contributed by atoms with Crippen molar-refractivity contribution in [1.29, 1.82) is 0 Å². The number of para-hydroxylation sites is 1. The van der Waals surface area contributed by atoms with Crippen LogP contribution in [-0.2, 0) is 5.41 Å². The second-order valence-corrected chi connectivity index (χ2v) is 14.7. The number of hydrogen-bond donors (Lipinski definition) is 0. The molecular formula is C54H35N3. The molecule has 8 aromatic carbocycles. The lowest BCUT2D eigenvalue weighted by Gasteiger charge is -2.34. The van der Waals surface area contributed by atoms with Gasteiger partial charge in [0.1, 0.15) is 0 Å². The third-order valence-electron chi connectivity index (χ3n) is 11.5.